The highest BCUT2D eigenvalue weighted by molar-refractivity contribution is 5.54. The Hall–Kier alpha value is -1.92. The lowest BCUT2D eigenvalue weighted by atomic mass is 10.2. The molecular formula is C14H18N2O4. The first kappa shape index (κ1) is 14.5. The van der Waals surface area contributed by atoms with Crippen molar-refractivity contribution in [2.75, 3.05) is 20.3 Å². The van der Waals surface area contributed by atoms with Crippen LogP contribution in [0.15, 0.2) is 28.8 Å². The molecule has 0 aliphatic rings. The Balaban J connectivity index is 2.17. The third-order valence-electron chi connectivity index (χ3n) is 2.63. The van der Waals surface area contributed by atoms with Crippen LogP contribution in [0.4, 0.5) is 0 Å². The summed E-state index contributed by atoms with van der Waals surface area (Å²) in [5, 5.41) is 3.91. The van der Waals surface area contributed by atoms with Crippen molar-refractivity contribution < 1.29 is 18.7 Å². The summed E-state index contributed by atoms with van der Waals surface area (Å²) in [6.45, 7) is 4.79. The minimum Gasteiger partial charge on any atom is -0.497 e. The molecule has 0 aliphatic heterocycles. The van der Waals surface area contributed by atoms with Crippen molar-refractivity contribution in [2.24, 2.45) is 0 Å². The molecule has 0 aliphatic carbocycles. The van der Waals surface area contributed by atoms with E-state index in [2.05, 4.69) is 10.1 Å². The Morgan fingerprint density at radius 2 is 1.75 bits per heavy atom. The van der Waals surface area contributed by atoms with Gasteiger partial charge >= 0.3 is 0 Å². The van der Waals surface area contributed by atoms with Gasteiger partial charge in [-0.1, -0.05) is 5.16 Å². The number of rotatable bonds is 7. The van der Waals surface area contributed by atoms with Crippen molar-refractivity contribution in [3.05, 3.63) is 30.1 Å². The third-order valence-corrected chi connectivity index (χ3v) is 2.63. The van der Waals surface area contributed by atoms with Gasteiger partial charge in [0, 0.05) is 18.8 Å². The van der Waals surface area contributed by atoms with Gasteiger partial charge in [-0.15, -0.1) is 0 Å². The smallest absolute Gasteiger partial charge is 0.258 e. The van der Waals surface area contributed by atoms with Gasteiger partial charge in [-0.3, -0.25) is 0 Å². The van der Waals surface area contributed by atoms with Gasteiger partial charge in [0.1, 0.15) is 5.75 Å². The molecule has 0 amide bonds. The largest absolute Gasteiger partial charge is 0.497 e. The number of hydrogen-bond donors (Lipinski definition) is 0. The summed E-state index contributed by atoms with van der Waals surface area (Å²) in [4.78, 5) is 4.30. The van der Waals surface area contributed by atoms with Crippen molar-refractivity contribution >= 4 is 0 Å². The van der Waals surface area contributed by atoms with Crippen LogP contribution in [-0.2, 0) is 9.47 Å². The van der Waals surface area contributed by atoms with E-state index >= 15 is 0 Å². The lowest BCUT2D eigenvalue weighted by Gasteiger charge is -2.12. The minimum absolute atomic E-state index is 0.388. The molecule has 6 heteroatoms. The second-order valence-electron chi connectivity index (χ2n) is 3.93. The van der Waals surface area contributed by atoms with Gasteiger partial charge in [-0.2, -0.15) is 4.98 Å². The average Bonchev–Trinajstić information content (AvgIpc) is 2.97. The highest BCUT2D eigenvalue weighted by Crippen LogP contribution is 2.23. The van der Waals surface area contributed by atoms with E-state index in [0.29, 0.717) is 24.9 Å². The molecule has 108 valence electrons. The normalized spacial score (nSPS) is 11.0. The fourth-order valence-electron chi connectivity index (χ4n) is 1.68. The number of hydrogen-bond acceptors (Lipinski definition) is 6. The fraction of sp³-hybridized carbons (Fsp3) is 0.429. The number of nitrogens with zero attached hydrogens (tertiary/aromatic N) is 2. The van der Waals surface area contributed by atoms with Crippen molar-refractivity contribution in [3.8, 4) is 17.2 Å². The zero-order valence-electron chi connectivity index (χ0n) is 11.8. The van der Waals surface area contributed by atoms with Crippen LogP contribution in [-0.4, -0.2) is 30.5 Å². The van der Waals surface area contributed by atoms with E-state index in [1.165, 1.54) is 0 Å². The van der Waals surface area contributed by atoms with Gasteiger partial charge < -0.3 is 18.7 Å². The zero-order valence-corrected chi connectivity index (χ0v) is 11.8. The van der Waals surface area contributed by atoms with Crippen LogP contribution < -0.4 is 4.74 Å². The molecule has 20 heavy (non-hydrogen) atoms. The van der Waals surface area contributed by atoms with Gasteiger partial charge in [-0.05, 0) is 38.1 Å². The minimum atomic E-state index is -0.597. The number of benzene rings is 1. The first-order valence-electron chi connectivity index (χ1n) is 6.49. The van der Waals surface area contributed by atoms with Gasteiger partial charge in [0.05, 0.1) is 7.11 Å². The molecule has 2 rings (SSSR count). The quantitative estimate of drug-likeness (QED) is 0.725. The second-order valence-corrected chi connectivity index (χ2v) is 3.93. The third kappa shape index (κ3) is 3.34. The number of methoxy groups -OCH3 is 1. The molecule has 0 radical (unpaired) electrons. The summed E-state index contributed by atoms with van der Waals surface area (Å²) < 4.78 is 21.2. The van der Waals surface area contributed by atoms with Crippen molar-refractivity contribution in [1.29, 1.82) is 0 Å². The summed E-state index contributed by atoms with van der Waals surface area (Å²) in [5.41, 5.74) is 0.816. The maximum atomic E-state index is 5.43. The van der Waals surface area contributed by atoms with Crippen LogP contribution in [0.2, 0.25) is 0 Å². The van der Waals surface area contributed by atoms with E-state index < -0.39 is 6.29 Å². The predicted octanol–water partition coefficient (Wildman–Crippen LogP) is 2.82. The maximum Gasteiger partial charge on any atom is 0.258 e. The van der Waals surface area contributed by atoms with E-state index in [9.17, 15) is 0 Å². The Labute approximate surface area is 117 Å². The van der Waals surface area contributed by atoms with E-state index in [1.54, 1.807) is 7.11 Å². The van der Waals surface area contributed by atoms with Crippen molar-refractivity contribution in [1.82, 2.24) is 10.1 Å². The summed E-state index contributed by atoms with van der Waals surface area (Å²) in [6.07, 6.45) is -0.597. The Kier molecular flexibility index (Phi) is 5.09. The number of aromatic nitrogens is 2. The molecular weight excluding hydrogens is 260 g/mol. The van der Waals surface area contributed by atoms with Gasteiger partial charge in [-0.25, -0.2) is 0 Å². The summed E-state index contributed by atoms with van der Waals surface area (Å²) in [7, 11) is 1.62. The summed E-state index contributed by atoms with van der Waals surface area (Å²) in [5.74, 6) is 1.58. The van der Waals surface area contributed by atoms with E-state index in [0.717, 1.165) is 11.3 Å². The topological polar surface area (TPSA) is 66.6 Å². The lowest BCUT2D eigenvalue weighted by Crippen LogP contribution is -2.10. The van der Waals surface area contributed by atoms with Crippen LogP contribution in [0.5, 0.6) is 5.75 Å². The summed E-state index contributed by atoms with van der Waals surface area (Å²) >= 11 is 0. The van der Waals surface area contributed by atoms with Crippen molar-refractivity contribution in [2.45, 2.75) is 20.1 Å². The van der Waals surface area contributed by atoms with Crippen LogP contribution >= 0.6 is 0 Å². The molecule has 0 fully saturated rings. The first-order chi connectivity index (χ1) is 9.78. The molecule has 0 saturated heterocycles. The second kappa shape index (κ2) is 7.02. The monoisotopic (exact) mass is 278 g/mol. The van der Waals surface area contributed by atoms with Crippen molar-refractivity contribution in [3.63, 3.8) is 0 Å². The summed E-state index contributed by atoms with van der Waals surface area (Å²) in [6, 6.07) is 7.38. The first-order valence-corrected chi connectivity index (χ1v) is 6.49. The molecule has 0 saturated carbocycles. The molecule has 1 heterocycles. The molecule has 1 aromatic carbocycles. The SMILES string of the molecule is CCOC(OCC)c1noc(-c2ccc(OC)cc2)n1. The zero-order chi connectivity index (χ0) is 14.4. The molecule has 0 unspecified atom stereocenters. The van der Waals surface area contributed by atoms with E-state index in [1.807, 2.05) is 38.1 Å². The Morgan fingerprint density at radius 1 is 1.10 bits per heavy atom. The lowest BCUT2D eigenvalue weighted by molar-refractivity contribution is -0.145. The molecule has 0 atom stereocenters. The molecule has 0 spiro atoms. The average molecular weight is 278 g/mol. The molecule has 0 bridgehead atoms. The number of ether oxygens (including phenoxy) is 3. The van der Waals surface area contributed by atoms with E-state index in [4.69, 9.17) is 18.7 Å². The Morgan fingerprint density at radius 3 is 2.30 bits per heavy atom. The van der Waals surface area contributed by atoms with Crippen LogP contribution in [0, 0.1) is 0 Å². The van der Waals surface area contributed by atoms with Crippen LogP contribution in [0.1, 0.15) is 26.0 Å². The van der Waals surface area contributed by atoms with Crippen LogP contribution in [0.3, 0.4) is 0 Å². The molecule has 0 N–H and O–H groups in total. The molecule has 2 aromatic rings. The molecule has 1 aromatic heterocycles. The Bertz CT molecular complexity index is 518. The predicted molar refractivity (Wildman–Crippen MR) is 72.3 cm³/mol. The highest BCUT2D eigenvalue weighted by Gasteiger charge is 2.19. The molecule has 6 nitrogen and oxygen atoms in total. The van der Waals surface area contributed by atoms with Crippen LogP contribution in [0.25, 0.3) is 11.5 Å². The highest BCUT2D eigenvalue weighted by atomic mass is 16.7. The van der Waals surface area contributed by atoms with Gasteiger partial charge in [0.2, 0.25) is 12.1 Å². The van der Waals surface area contributed by atoms with Gasteiger partial charge in [0.15, 0.2) is 0 Å². The standard InChI is InChI=1S/C14H18N2O4/c1-4-18-14(19-5-2)12-15-13(20-16-12)10-6-8-11(17-3)9-7-10/h6-9,14H,4-5H2,1-3H3. The van der Waals surface area contributed by atoms with E-state index in [-0.39, 0.29) is 0 Å². The van der Waals surface area contributed by atoms with Gasteiger partial charge in [0.25, 0.3) is 5.89 Å². The maximum absolute atomic E-state index is 5.43. The fourth-order valence-corrected chi connectivity index (χ4v) is 1.68.